The molecule has 108 valence electrons. The van der Waals surface area contributed by atoms with Crippen LogP contribution < -0.4 is 4.90 Å². The Labute approximate surface area is 123 Å². The summed E-state index contributed by atoms with van der Waals surface area (Å²) < 4.78 is 0. The van der Waals surface area contributed by atoms with Crippen molar-refractivity contribution in [3.8, 4) is 0 Å². The summed E-state index contributed by atoms with van der Waals surface area (Å²) in [7, 11) is 0. The van der Waals surface area contributed by atoms with Gasteiger partial charge in [-0.1, -0.05) is 24.1 Å². The van der Waals surface area contributed by atoms with Crippen LogP contribution >= 0.6 is 0 Å². The smallest absolute Gasteiger partial charge is 0.0366 e. The van der Waals surface area contributed by atoms with Gasteiger partial charge in [0.25, 0.3) is 0 Å². The number of piperidine rings is 1. The van der Waals surface area contributed by atoms with E-state index in [0.717, 1.165) is 23.7 Å². The summed E-state index contributed by atoms with van der Waals surface area (Å²) in [6, 6.07) is 9.09. The van der Waals surface area contributed by atoms with Crippen LogP contribution in [-0.4, -0.2) is 13.1 Å². The van der Waals surface area contributed by atoms with Crippen molar-refractivity contribution in [2.75, 3.05) is 18.0 Å². The predicted molar refractivity (Wildman–Crippen MR) is 85.1 cm³/mol. The standard InChI is InChI=1S/C19H27N/c1-14-2-6-18(7-3-14)20-10-8-16(9-11-20)19-13-15-4-5-17(19)12-15/h2-3,6-7,15-17,19H,4-5,8-13H2,1H3. The zero-order valence-electron chi connectivity index (χ0n) is 12.7. The minimum Gasteiger partial charge on any atom is -0.372 e. The van der Waals surface area contributed by atoms with E-state index < -0.39 is 0 Å². The van der Waals surface area contributed by atoms with Crippen LogP contribution in [0.25, 0.3) is 0 Å². The fourth-order valence-corrected chi connectivity index (χ4v) is 5.21. The van der Waals surface area contributed by atoms with E-state index in [1.54, 1.807) is 25.7 Å². The second-order valence-electron chi connectivity index (χ2n) is 7.50. The van der Waals surface area contributed by atoms with Crippen molar-refractivity contribution in [3.05, 3.63) is 29.8 Å². The molecule has 1 saturated heterocycles. The Balaban J connectivity index is 1.37. The van der Waals surface area contributed by atoms with Crippen LogP contribution in [0.4, 0.5) is 5.69 Å². The van der Waals surface area contributed by atoms with Gasteiger partial charge in [-0.2, -0.15) is 0 Å². The van der Waals surface area contributed by atoms with E-state index in [4.69, 9.17) is 0 Å². The first-order valence-electron chi connectivity index (χ1n) is 8.61. The van der Waals surface area contributed by atoms with Gasteiger partial charge in [-0.3, -0.25) is 0 Å². The highest BCUT2D eigenvalue weighted by molar-refractivity contribution is 5.47. The molecule has 0 aromatic heterocycles. The van der Waals surface area contributed by atoms with Gasteiger partial charge in [0, 0.05) is 18.8 Å². The highest BCUT2D eigenvalue weighted by atomic mass is 15.1. The minimum absolute atomic E-state index is 1.03. The first-order valence-corrected chi connectivity index (χ1v) is 8.61. The molecule has 20 heavy (non-hydrogen) atoms. The molecule has 1 aromatic rings. The second kappa shape index (κ2) is 5.09. The number of hydrogen-bond acceptors (Lipinski definition) is 1. The van der Waals surface area contributed by atoms with Crippen molar-refractivity contribution in [2.24, 2.45) is 23.7 Å². The number of rotatable bonds is 2. The molecule has 0 amide bonds. The van der Waals surface area contributed by atoms with Crippen molar-refractivity contribution in [2.45, 2.75) is 45.4 Å². The SMILES string of the molecule is Cc1ccc(N2CCC(C3CC4CCC3C4)CC2)cc1. The number of aryl methyl sites for hydroxylation is 1. The molecule has 3 fully saturated rings. The molecule has 3 unspecified atom stereocenters. The highest BCUT2D eigenvalue weighted by Crippen LogP contribution is 2.52. The number of hydrogen-bond donors (Lipinski definition) is 0. The average molecular weight is 269 g/mol. The molecule has 1 heteroatoms. The fraction of sp³-hybridized carbons (Fsp3) is 0.684. The summed E-state index contributed by atoms with van der Waals surface area (Å²) in [5.41, 5.74) is 2.80. The molecule has 0 spiro atoms. The molecule has 1 nitrogen and oxygen atoms in total. The first-order chi connectivity index (χ1) is 9.79. The zero-order valence-corrected chi connectivity index (χ0v) is 12.7. The van der Waals surface area contributed by atoms with Crippen LogP contribution in [0, 0.1) is 30.6 Å². The normalized spacial score (nSPS) is 33.9. The lowest BCUT2D eigenvalue weighted by Crippen LogP contribution is -2.37. The van der Waals surface area contributed by atoms with E-state index in [9.17, 15) is 0 Å². The minimum atomic E-state index is 1.03. The Morgan fingerprint density at radius 2 is 1.60 bits per heavy atom. The van der Waals surface area contributed by atoms with Gasteiger partial charge in [-0.25, -0.2) is 0 Å². The van der Waals surface area contributed by atoms with Gasteiger partial charge in [0.15, 0.2) is 0 Å². The molecule has 4 rings (SSSR count). The van der Waals surface area contributed by atoms with E-state index in [1.165, 1.54) is 37.2 Å². The summed E-state index contributed by atoms with van der Waals surface area (Å²) >= 11 is 0. The fourth-order valence-electron chi connectivity index (χ4n) is 5.21. The van der Waals surface area contributed by atoms with Crippen LogP contribution in [-0.2, 0) is 0 Å². The van der Waals surface area contributed by atoms with Gasteiger partial charge in [0.2, 0.25) is 0 Å². The Hall–Kier alpha value is -0.980. The van der Waals surface area contributed by atoms with Gasteiger partial charge in [-0.05, 0) is 74.8 Å². The summed E-state index contributed by atoms with van der Waals surface area (Å²) in [5, 5.41) is 0. The molecular formula is C19H27N. The Morgan fingerprint density at radius 1 is 0.850 bits per heavy atom. The predicted octanol–water partition coefficient (Wildman–Crippen LogP) is 4.65. The third-order valence-electron chi connectivity index (χ3n) is 6.34. The van der Waals surface area contributed by atoms with Crippen LogP contribution in [0.2, 0.25) is 0 Å². The maximum atomic E-state index is 2.60. The Morgan fingerprint density at radius 3 is 2.20 bits per heavy atom. The van der Waals surface area contributed by atoms with Gasteiger partial charge in [0.1, 0.15) is 0 Å². The quantitative estimate of drug-likeness (QED) is 0.755. The molecule has 2 saturated carbocycles. The number of fused-ring (bicyclic) bond motifs is 2. The lowest BCUT2D eigenvalue weighted by atomic mass is 9.75. The van der Waals surface area contributed by atoms with E-state index in [1.807, 2.05) is 0 Å². The van der Waals surface area contributed by atoms with Crippen molar-refractivity contribution < 1.29 is 0 Å². The molecule has 1 heterocycles. The Bertz CT molecular complexity index is 455. The van der Waals surface area contributed by atoms with Crippen molar-refractivity contribution in [3.63, 3.8) is 0 Å². The monoisotopic (exact) mass is 269 g/mol. The maximum absolute atomic E-state index is 2.60. The summed E-state index contributed by atoms with van der Waals surface area (Å²) in [4.78, 5) is 2.60. The van der Waals surface area contributed by atoms with Crippen LogP contribution in [0.15, 0.2) is 24.3 Å². The number of benzene rings is 1. The van der Waals surface area contributed by atoms with Gasteiger partial charge < -0.3 is 4.90 Å². The summed E-state index contributed by atoms with van der Waals surface area (Å²) in [6.45, 7) is 4.73. The molecule has 3 atom stereocenters. The summed E-state index contributed by atoms with van der Waals surface area (Å²) in [6.07, 6.45) is 9.10. The van der Waals surface area contributed by atoms with Crippen LogP contribution in [0.1, 0.15) is 44.1 Å². The maximum Gasteiger partial charge on any atom is 0.0366 e. The zero-order chi connectivity index (χ0) is 13.5. The first kappa shape index (κ1) is 12.7. The molecule has 2 bridgehead atoms. The third-order valence-corrected chi connectivity index (χ3v) is 6.34. The van der Waals surface area contributed by atoms with Gasteiger partial charge >= 0.3 is 0 Å². The van der Waals surface area contributed by atoms with Gasteiger partial charge in [-0.15, -0.1) is 0 Å². The molecule has 2 aliphatic carbocycles. The third kappa shape index (κ3) is 2.25. The Kier molecular flexibility index (Phi) is 3.24. The number of nitrogens with zero attached hydrogens (tertiary/aromatic N) is 1. The van der Waals surface area contributed by atoms with Crippen LogP contribution in [0.5, 0.6) is 0 Å². The van der Waals surface area contributed by atoms with E-state index in [-0.39, 0.29) is 0 Å². The topological polar surface area (TPSA) is 3.24 Å². The second-order valence-corrected chi connectivity index (χ2v) is 7.50. The lowest BCUT2D eigenvalue weighted by molar-refractivity contribution is 0.195. The van der Waals surface area contributed by atoms with Crippen molar-refractivity contribution in [1.82, 2.24) is 0 Å². The van der Waals surface area contributed by atoms with Crippen LogP contribution in [0.3, 0.4) is 0 Å². The van der Waals surface area contributed by atoms with Gasteiger partial charge in [0.05, 0.1) is 0 Å². The molecular weight excluding hydrogens is 242 g/mol. The van der Waals surface area contributed by atoms with E-state index in [0.29, 0.717) is 0 Å². The average Bonchev–Trinajstić information content (AvgIpc) is 3.11. The van der Waals surface area contributed by atoms with E-state index >= 15 is 0 Å². The van der Waals surface area contributed by atoms with Crippen molar-refractivity contribution in [1.29, 1.82) is 0 Å². The molecule has 1 aliphatic heterocycles. The molecule has 0 radical (unpaired) electrons. The van der Waals surface area contributed by atoms with E-state index in [2.05, 4.69) is 36.1 Å². The molecule has 0 N–H and O–H groups in total. The largest absolute Gasteiger partial charge is 0.372 e. The highest BCUT2D eigenvalue weighted by Gasteiger charge is 2.43. The lowest BCUT2D eigenvalue weighted by Gasteiger charge is -2.39. The van der Waals surface area contributed by atoms with Crippen molar-refractivity contribution >= 4 is 5.69 Å². The number of anilines is 1. The molecule has 3 aliphatic rings. The summed E-state index contributed by atoms with van der Waals surface area (Å²) in [5.74, 6) is 4.34. The molecule has 1 aromatic carbocycles.